The van der Waals surface area contributed by atoms with Crippen molar-refractivity contribution in [1.82, 2.24) is 9.88 Å². The highest BCUT2D eigenvalue weighted by atomic mass is 16.6. The Morgan fingerprint density at radius 3 is 2.75 bits per heavy atom. The first-order valence-corrected chi connectivity index (χ1v) is 7.98. The van der Waals surface area contributed by atoms with Crippen LogP contribution < -0.4 is 0 Å². The van der Waals surface area contributed by atoms with Gasteiger partial charge in [0.05, 0.1) is 17.2 Å². The molecule has 0 bridgehead atoms. The fourth-order valence-corrected chi connectivity index (χ4v) is 2.47. The van der Waals surface area contributed by atoms with Crippen molar-refractivity contribution in [3.8, 4) is 11.3 Å². The Balaban J connectivity index is 2.05. The van der Waals surface area contributed by atoms with Crippen molar-refractivity contribution in [3.63, 3.8) is 0 Å². The van der Waals surface area contributed by atoms with Crippen molar-refractivity contribution in [2.45, 2.75) is 39.3 Å². The second-order valence-corrected chi connectivity index (χ2v) is 6.11. The van der Waals surface area contributed by atoms with Crippen LogP contribution >= 0.6 is 0 Å². The minimum atomic E-state index is -0.433. The lowest BCUT2D eigenvalue weighted by atomic mass is 10.2. The lowest BCUT2D eigenvalue weighted by Gasteiger charge is -2.27. The van der Waals surface area contributed by atoms with E-state index in [2.05, 4.69) is 23.7 Å². The molecule has 2 aromatic rings. The zero-order valence-electron chi connectivity index (χ0n) is 14.2. The predicted octanol–water partition coefficient (Wildman–Crippen LogP) is 2.88. The van der Waals surface area contributed by atoms with Gasteiger partial charge in [0.2, 0.25) is 0 Å². The zero-order valence-corrected chi connectivity index (χ0v) is 14.2. The lowest BCUT2D eigenvalue weighted by molar-refractivity contribution is -0.384. The van der Waals surface area contributed by atoms with Crippen molar-refractivity contribution in [2.75, 3.05) is 13.1 Å². The molecule has 2 rings (SSSR count). The van der Waals surface area contributed by atoms with E-state index in [-0.39, 0.29) is 5.69 Å². The first kappa shape index (κ1) is 18.1. The molecule has 1 atom stereocenters. The Morgan fingerprint density at radius 1 is 1.38 bits per heavy atom. The number of hydrogen-bond donors (Lipinski definition) is 1. The minimum Gasteiger partial charge on any atom is -0.441 e. The molecule has 130 valence electrons. The number of hydrogen-bond acceptors (Lipinski definition) is 6. The predicted molar refractivity (Wildman–Crippen MR) is 90.7 cm³/mol. The number of nitro groups is 1. The molecule has 0 aliphatic heterocycles. The average molecular weight is 333 g/mol. The quantitative estimate of drug-likeness (QED) is 0.590. The first-order chi connectivity index (χ1) is 11.4. The fourth-order valence-electron chi connectivity index (χ4n) is 2.47. The molecule has 0 saturated heterocycles. The summed E-state index contributed by atoms with van der Waals surface area (Å²) >= 11 is 0. The van der Waals surface area contributed by atoms with Gasteiger partial charge in [0, 0.05) is 43.2 Å². The van der Waals surface area contributed by atoms with Gasteiger partial charge in [0.1, 0.15) is 0 Å². The molecule has 7 heteroatoms. The molecule has 1 aromatic heterocycles. The van der Waals surface area contributed by atoms with Gasteiger partial charge in [0.25, 0.3) is 5.69 Å². The van der Waals surface area contributed by atoms with Crippen LogP contribution in [-0.4, -0.2) is 45.1 Å². The number of aliphatic hydroxyl groups excluding tert-OH is 1. The number of non-ortho nitro benzene ring substituents is 1. The van der Waals surface area contributed by atoms with Crippen molar-refractivity contribution < 1.29 is 14.4 Å². The Kier molecular flexibility index (Phi) is 6.05. The third-order valence-electron chi connectivity index (χ3n) is 3.74. The maximum absolute atomic E-state index is 10.9. The van der Waals surface area contributed by atoms with E-state index >= 15 is 0 Å². The van der Waals surface area contributed by atoms with E-state index in [9.17, 15) is 15.2 Å². The summed E-state index contributed by atoms with van der Waals surface area (Å²) < 4.78 is 5.72. The minimum absolute atomic E-state index is 0.0216. The molecule has 1 aromatic carbocycles. The topological polar surface area (TPSA) is 92.6 Å². The molecular formula is C17H23N3O4. The van der Waals surface area contributed by atoms with Gasteiger partial charge < -0.3 is 9.52 Å². The van der Waals surface area contributed by atoms with Crippen molar-refractivity contribution >= 4 is 5.69 Å². The van der Waals surface area contributed by atoms with E-state index in [1.54, 1.807) is 25.3 Å². The second kappa shape index (κ2) is 8.03. The Labute approximate surface area is 141 Å². The number of benzene rings is 1. The number of nitrogens with zero attached hydrogens (tertiary/aromatic N) is 3. The van der Waals surface area contributed by atoms with E-state index in [4.69, 9.17) is 4.42 Å². The van der Waals surface area contributed by atoms with E-state index < -0.39 is 11.0 Å². The maximum atomic E-state index is 10.9. The van der Waals surface area contributed by atoms with Crippen LogP contribution in [0.25, 0.3) is 11.3 Å². The van der Waals surface area contributed by atoms with Crippen molar-refractivity contribution in [1.29, 1.82) is 0 Å². The number of rotatable bonds is 8. The van der Waals surface area contributed by atoms with E-state index in [0.29, 0.717) is 36.2 Å². The maximum Gasteiger partial charge on any atom is 0.270 e. The second-order valence-electron chi connectivity index (χ2n) is 6.11. The highest BCUT2D eigenvalue weighted by molar-refractivity contribution is 5.60. The highest BCUT2D eigenvalue weighted by Crippen LogP contribution is 2.24. The van der Waals surface area contributed by atoms with Gasteiger partial charge in [-0.15, -0.1) is 0 Å². The normalized spacial score (nSPS) is 12.8. The molecule has 0 fully saturated rings. The molecule has 0 amide bonds. The molecule has 0 spiro atoms. The summed E-state index contributed by atoms with van der Waals surface area (Å²) in [6, 6.07) is 6.60. The van der Waals surface area contributed by atoms with Crippen LogP contribution in [0, 0.1) is 10.1 Å². The van der Waals surface area contributed by atoms with Crippen LogP contribution in [0.15, 0.2) is 34.9 Å². The van der Waals surface area contributed by atoms with Crippen LogP contribution in [0.2, 0.25) is 0 Å². The van der Waals surface area contributed by atoms with Gasteiger partial charge >= 0.3 is 0 Å². The number of nitro benzene ring substituents is 1. The third kappa shape index (κ3) is 4.87. The Hall–Kier alpha value is -2.25. The summed E-state index contributed by atoms with van der Waals surface area (Å²) in [5, 5.41) is 20.4. The zero-order chi connectivity index (χ0) is 17.7. The van der Waals surface area contributed by atoms with E-state index in [1.165, 1.54) is 12.1 Å². The monoisotopic (exact) mass is 333 g/mol. The Morgan fingerprint density at radius 2 is 2.12 bits per heavy atom. The van der Waals surface area contributed by atoms with E-state index in [1.807, 2.05) is 0 Å². The third-order valence-corrected chi connectivity index (χ3v) is 3.74. The van der Waals surface area contributed by atoms with Crippen LogP contribution in [0.5, 0.6) is 0 Å². The van der Waals surface area contributed by atoms with Gasteiger partial charge in [-0.25, -0.2) is 4.98 Å². The summed E-state index contributed by atoms with van der Waals surface area (Å²) in [6.45, 7) is 7.23. The molecule has 7 nitrogen and oxygen atoms in total. The van der Waals surface area contributed by atoms with Gasteiger partial charge in [-0.05, 0) is 20.8 Å². The standard InChI is InChI=1S/C17H23N3O4/c1-12(2)19(11-13(3)21)8-7-17-18-10-16(24-17)14-5-4-6-15(9-14)20(22)23/h4-6,9-10,12-13,21H,7-8,11H2,1-3H3. The Bertz CT molecular complexity index is 682. The van der Waals surface area contributed by atoms with Crippen molar-refractivity contribution in [3.05, 3.63) is 46.5 Å². The van der Waals surface area contributed by atoms with Crippen LogP contribution in [-0.2, 0) is 6.42 Å². The summed E-state index contributed by atoms with van der Waals surface area (Å²) in [4.78, 5) is 16.8. The first-order valence-electron chi connectivity index (χ1n) is 7.98. The van der Waals surface area contributed by atoms with Gasteiger partial charge in [-0.3, -0.25) is 15.0 Å². The highest BCUT2D eigenvalue weighted by Gasteiger charge is 2.15. The molecule has 0 aliphatic carbocycles. The van der Waals surface area contributed by atoms with Gasteiger partial charge in [-0.2, -0.15) is 0 Å². The summed E-state index contributed by atoms with van der Waals surface area (Å²) in [6.07, 6.45) is 1.81. The molecule has 1 unspecified atom stereocenters. The van der Waals surface area contributed by atoms with Crippen LogP contribution in [0.1, 0.15) is 26.7 Å². The average Bonchev–Trinajstić information content (AvgIpc) is 3.00. The van der Waals surface area contributed by atoms with Crippen LogP contribution in [0.3, 0.4) is 0 Å². The number of aromatic nitrogens is 1. The smallest absolute Gasteiger partial charge is 0.270 e. The summed E-state index contributed by atoms with van der Waals surface area (Å²) in [7, 11) is 0. The largest absolute Gasteiger partial charge is 0.441 e. The van der Waals surface area contributed by atoms with Gasteiger partial charge in [-0.1, -0.05) is 12.1 Å². The molecule has 0 aliphatic rings. The summed E-state index contributed by atoms with van der Waals surface area (Å²) in [5.74, 6) is 1.09. The molecule has 0 radical (unpaired) electrons. The van der Waals surface area contributed by atoms with E-state index in [0.717, 1.165) is 6.54 Å². The number of oxazole rings is 1. The molecule has 1 heterocycles. The SMILES string of the molecule is CC(O)CN(CCc1ncc(-c2cccc([N+](=O)[O-])c2)o1)C(C)C. The molecule has 24 heavy (non-hydrogen) atoms. The lowest BCUT2D eigenvalue weighted by Crippen LogP contribution is -2.38. The summed E-state index contributed by atoms with van der Waals surface area (Å²) in [5.41, 5.74) is 0.654. The molecule has 0 saturated carbocycles. The molecular weight excluding hydrogens is 310 g/mol. The van der Waals surface area contributed by atoms with Crippen molar-refractivity contribution in [2.24, 2.45) is 0 Å². The van der Waals surface area contributed by atoms with Gasteiger partial charge in [0.15, 0.2) is 11.7 Å². The van der Waals surface area contributed by atoms with Crippen LogP contribution in [0.4, 0.5) is 5.69 Å². The fraction of sp³-hybridized carbons (Fsp3) is 0.471. The number of aliphatic hydroxyl groups is 1. The molecule has 1 N–H and O–H groups in total.